The fourth-order valence-corrected chi connectivity index (χ4v) is 2.44. The van der Waals surface area contributed by atoms with Crippen LogP contribution >= 0.6 is 0 Å². The lowest BCUT2D eigenvalue weighted by Crippen LogP contribution is -2.36. The first-order valence-electron chi connectivity index (χ1n) is 7.71. The number of amides is 1. The number of benzene rings is 1. The number of nitrogens with zero attached hydrogens (tertiary/aromatic N) is 1. The van der Waals surface area contributed by atoms with Gasteiger partial charge in [-0.25, -0.2) is 4.79 Å². The van der Waals surface area contributed by atoms with Gasteiger partial charge in [0.1, 0.15) is 5.60 Å². The third-order valence-corrected chi connectivity index (χ3v) is 3.57. The number of nitrogens with one attached hydrogen (secondary N) is 1. The van der Waals surface area contributed by atoms with Crippen molar-refractivity contribution in [2.75, 3.05) is 18.4 Å². The van der Waals surface area contributed by atoms with Gasteiger partial charge in [0.05, 0.1) is 0 Å². The van der Waals surface area contributed by atoms with Crippen LogP contribution in [0.15, 0.2) is 24.3 Å². The van der Waals surface area contributed by atoms with Gasteiger partial charge in [-0.05, 0) is 51.3 Å². The fourth-order valence-electron chi connectivity index (χ4n) is 2.44. The molecule has 1 fully saturated rings. The number of rotatable bonds is 3. The van der Waals surface area contributed by atoms with Crippen LogP contribution in [0.3, 0.4) is 0 Å². The number of carbonyl (C=O) groups is 1. The van der Waals surface area contributed by atoms with Crippen molar-refractivity contribution in [1.82, 2.24) is 4.90 Å². The van der Waals surface area contributed by atoms with Crippen LogP contribution in [0.25, 0.3) is 0 Å². The van der Waals surface area contributed by atoms with E-state index in [1.165, 1.54) is 5.56 Å². The molecule has 116 valence electrons. The van der Waals surface area contributed by atoms with E-state index in [0.29, 0.717) is 12.6 Å². The smallest absolute Gasteiger partial charge is 0.410 e. The van der Waals surface area contributed by atoms with Crippen LogP contribution in [0, 0.1) is 0 Å². The Labute approximate surface area is 127 Å². The van der Waals surface area contributed by atoms with E-state index in [1.54, 1.807) is 4.90 Å². The number of anilines is 1. The molecule has 0 radical (unpaired) electrons. The van der Waals surface area contributed by atoms with Crippen molar-refractivity contribution in [3.05, 3.63) is 29.8 Å². The maximum Gasteiger partial charge on any atom is 0.410 e. The standard InChI is InChI=1S/C17H26N2O2/c1-5-13-6-8-14(9-7-13)18-15-10-11-19(12-15)16(20)21-17(2,3)4/h6-9,15,18H,5,10-12H2,1-4H3. The molecule has 0 aromatic heterocycles. The Hall–Kier alpha value is -1.71. The van der Waals surface area contributed by atoms with Crippen LogP contribution in [-0.4, -0.2) is 35.7 Å². The molecule has 1 aromatic rings. The van der Waals surface area contributed by atoms with Crippen molar-refractivity contribution in [3.63, 3.8) is 0 Å². The summed E-state index contributed by atoms with van der Waals surface area (Å²) < 4.78 is 5.41. The highest BCUT2D eigenvalue weighted by molar-refractivity contribution is 5.68. The minimum Gasteiger partial charge on any atom is -0.444 e. The second kappa shape index (κ2) is 6.37. The molecule has 1 aromatic carbocycles. The summed E-state index contributed by atoms with van der Waals surface area (Å²) in [6.45, 7) is 9.28. The van der Waals surface area contributed by atoms with Crippen LogP contribution in [0.5, 0.6) is 0 Å². The van der Waals surface area contributed by atoms with Gasteiger partial charge >= 0.3 is 6.09 Å². The number of hydrogen-bond donors (Lipinski definition) is 1. The summed E-state index contributed by atoms with van der Waals surface area (Å²) in [6.07, 6.45) is 1.79. The molecule has 1 N–H and O–H groups in total. The summed E-state index contributed by atoms with van der Waals surface area (Å²) in [5.41, 5.74) is 2.02. The number of likely N-dealkylation sites (tertiary alicyclic amines) is 1. The SMILES string of the molecule is CCc1ccc(NC2CCN(C(=O)OC(C)(C)C)C2)cc1. The Morgan fingerprint density at radius 2 is 2.00 bits per heavy atom. The van der Waals surface area contributed by atoms with Gasteiger partial charge < -0.3 is 15.0 Å². The lowest BCUT2D eigenvalue weighted by molar-refractivity contribution is 0.0293. The zero-order valence-electron chi connectivity index (χ0n) is 13.5. The Morgan fingerprint density at radius 1 is 1.33 bits per heavy atom. The molecule has 4 heteroatoms. The van der Waals surface area contributed by atoms with Crippen LogP contribution in [-0.2, 0) is 11.2 Å². The first-order chi connectivity index (χ1) is 9.87. The summed E-state index contributed by atoms with van der Waals surface area (Å²) in [5, 5.41) is 3.49. The third-order valence-electron chi connectivity index (χ3n) is 3.57. The summed E-state index contributed by atoms with van der Waals surface area (Å²) in [7, 11) is 0. The van der Waals surface area contributed by atoms with Crippen molar-refractivity contribution < 1.29 is 9.53 Å². The number of aryl methyl sites for hydroxylation is 1. The van der Waals surface area contributed by atoms with Gasteiger partial charge in [0.15, 0.2) is 0 Å². The van der Waals surface area contributed by atoms with Crippen molar-refractivity contribution in [3.8, 4) is 0 Å². The van der Waals surface area contributed by atoms with Crippen molar-refractivity contribution >= 4 is 11.8 Å². The molecule has 0 aliphatic carbocycles. The van der Waals surface area contributed by atoms with Crippen LogP contribution in [0.1, 0.15) is 39.7 Å². The molecule has 4 nitrogen and oxygen atoms in total. The summed E-state index contributed by atoms with van der Waals surface area (Å²) in [6, 6.07) is 8.79. The maximum atomic E-state index is 12.0. The predicted octanol–water partition coefficient (Wildman–Crippen LogP) is 3.67. The predicted molar refractivity (Wildman–Crippen MR) is 85.7 cm³/mol. The Morgan fingerprint density at radius 3 is 2.57 bits per heavy atom. The molecule has 1 saturated heterocycles. The zero-order chi connectivity index (χ0) is 15.5. The largest absolute Gasteiger partial charge is 0.444 e. The first-order valence-corrected chi connectivity index (χ1v) is 7.71. The molecule has 1 aliphatic heterocycles. The minimum absolute atomic E-state index is 0.215. The van der Waals surface area contributed by atoms with Crippen LogP contribution in [0.4, 0.5) is 10.5 Å². The topological polar surface area (TPSA) is 41.6 Å². The maximum absolute atomic E-state index is 12.0. The van der Waals surface area contributed by atoms with E-state index >= 15 is 0 Å². The molecule has 0 spiro atoms. The molecule has 0 bridgehead atoms. The quantitative estimate of drug-likeness (QED) is 0.923. The van der Waals surface area contributed by atoms with Gasteiger partial charge in [-0.2, -0.15) is 0 Å². The molecule has 0 saturated carbocycles. The minimum atomic E-state index is -0.432. The van der Waals surface area contributed by atoms with Gasteiger partial charge in [0.2, 0.25) is 0 Å². The van der Waals surface area contributed by atoms with E-state index < -0.39 is 5.60 Å². The van der Waals surface area contributed by atoms with Crippen molar-refractivity contribution in [1.29, 1.82) is 0 Å². The van der Waals surface area contributed by atoms with E-state index in [4.69, 9.17) is 4.74 Å². The fraction of sp³-hybridized carbons (Fsp3) is 0.588. The normalized spacial score (nSPS) is 18.7. The lowest BCUT2D eigenvalue weighted by atomic mass is 10.1. The molecule has 1 unspecified atom stereocenters. The van der Waals surface area contributed by atoms with E-state index in [1.807, 2.05) is 20.8 Å². The van der Waals surface area contributed by atoms with Crippen LogP contribution in [0.2, 0.25) is 0 Å². The third kappa shape index (κ3) is 4.66. The van der Waals surface area contributed by atoms with E-state index in [-0.39, 0.29) is 6.09 Å². The number of carbonyl (C=O) groups excluding carboxylic acids is 1. The van der Waals surface area contributed by atoms with Gasteiger partial charge in [0, 0.05) is 24.8 Å². The molecular weight excluding hydrogens is 264 g/mol. The highest BCUT2D eigenvalue weighted by Crippen LogP contribution is 2.19. The second-order valence-corrected chi connectivity index (χ2v) is 6.61. The zero-order valence-corrected chi connectivity index (χ0v) is 13.5. The monoisotopic (exact) mass is 290 g/mol. The molecule has 1 amide bonds. The lowest BCUT2D eigenvalue weighted by Gasteiger charge is -2.24. The average molecular weight is 290 g/mol. The summed E-state index contributed by atoms with van der Waals surface area (Å²) in [5.74, 6) is 0. The van der Waals surface area contributed by atoms with Gasteiger partial charge in [-0.1, -0.05) is 19.1 Å². The van der Waals surface area contributed by atoms with Gasteiger partial charge in [-0.15, -0.1) is 0 Å². The summed E-state index contributed by atoms with van der Waals surface area (Å²) >= 11 is 0. The highest BCUT2D eigenvalue weighted by Gasteiger charge is 2.29. The van der Waals surface area contributed by atoms with Gasteiger partial charge in [-0.3, -0.25) is 0 Å². The van der Waals surface area contributed by atoms with Crippen molar-refractivity contribution in [2.45, 2.75) is 52.2 Å². The number of ether oxygens (including phenoxy) is 1. The molecule has 1 atom stereocenters. The van der Waals surface area contributed by atoms with E-state index in [9.17, 15) is 4.79 Å². The molecule has 1 heterocycles. The van der Waals surface area contributed by atoms with E-state index in [0.717, 1.165) is 25.1 Å². The number of hydrogen-bond acceptors (Lipinski definition) is 3. The molecule has 2 rings (SSSR count). The van der Waals surface area contributed by atoms with Gasteiger partial charge in [0.25, 0.3) is 0 Å². The highest BCUT2D eigenvalue weighted by atomic mass is 16.6. The van der Waals surface area contributed by atoms with Crippen LogP contribution < -0.4 is 5.32 Å². The second-order valence-electron chi connectivity index (χ2n) is 6.61. The molecular formula is C17H26N2O2. The van der Waals surface area contributed by atoms with E-state index in [2.05, 4.69) is 36.5 Å². The Balaban J connectivity index is 1.86. The summed E-state index contributed by atoms with van der Waals surface area (Å²) in [4.78, 5) is 13.8. The average Bonchev–Trinajstić information content (AvgIpc) is 2.86. The molecule has 21 heavy (non-hydrogen) atoms. The first kappa shape index (κ1) is 15.7. The Bertz CT molecular complexity index is 477. The Kier molecular flexibility index (Phi) is 4.76. The van der Waals surface area contributed by atoms with Crippen molar-refractivity contribution in [2.24, 2.45) is 0 Å². The molecule has 1 aliphatic rings.